The minimum Gasteiger partial charge on any atom is -0.494 e. The number of benzene rings is 1. The molecule has 174 valence electrons. The van der Waals surface area contributed by atoms with E-state index in [4.69, 9.17) is 4.74 Å². The second kappa shape index (κ2) is 10.6. The van der Waals surface area contributed by atoms with Crippen molar-refractivity contribution < 1.29 is 13.2 Å². The van der Waals surface area contributed by atoms with Gasteiger partial charge in [0, 0.05) is 38.4 Å². The number of hydrogen-bond donors (Lipinski definition) is 1. The molecule has 9 nitrogen and oxygen atoms in total. The van der Waals surface area contributed by atoms with Crippen molar-refractivity contribution in [1.29, 1.82) is 0 Å². The van der Waals surface area contributed by atoms with Crippen LogP contribution in [-0.4, -0.2) is 60.5 Å². The Morgan fingerprint density at radius 2 is 1.76 bits per heavy atom. The number of rotatable bonds is 9. The molecule has 0 atom stereocenters. The lowest BCUT2D eigenvalue weighted by Gasteiger charge is -2.34. The molecule has 4 rings (SSSR count). The summed E-state index contributed by atoms with van der Waals surface area (Å²) >= 11 is 0. The molecule has 0 aliphatic carbocycles. The molecule has 0 unspecified atom stereocenters. The van der Waals surface area contributed by atoms with Gasteiger partial charge in [-0.1, -0.05) is 19.4 Å². The summed E-state index contributed by atoms with van der Waals surface area (Å²) in [4.78, 5) is 15.2. The van der Waals surface area contributed by atoms with Crippen LogP contribution in [-0.2, 0) is 10.0 Å². The minimum atomic E-state index is -3.56. The fourth-order valence-corrected chi connectivity index (χ4v) is 4.93. The zero-order chi connectivity index (χ0) is 23.1. The largest absolute Gasteiger partial charge is 0.494 e. The molecule has 0 bridgehead atoms. The summed E-state index contributed by atoms with van der Waals surface area (Å²) in [6.07, 6.45) is 5.22. The predicted octanol–water partition coefficient (Wildman–Crippen LogP) is 3.31. The second-order valence-electron chi connectivity index (χ2n) is 7.67. The van der Waals surface area contributed by atoms with Gasteiger partial charge >= 0.3 is 0 Å². The molecule has 1 N–H and O–H groups in total. The molecule has 3 aromatic rings. The highest BCUT2D eigenvalue weighted by atomic mass is 32.2. The molecule has 1 aliphatic rings. The summed E-state index contributed by atoms with van der Waals surface area (Å²) in [5.74, 6) is 2.76. The van der Waals surface area contributed by atoms with Crippen LogP contribution in [0.15, 0.2) is 66.0 Å². The van der Waals surface area contributed by atoms with E-state index in [-0.39, 0.29) is 4.90 Å². The van der Waals surface area contributed by atoms with Gasteiger partial charge in [-0.25, -0.2) is 23.4 Å². The Morgan fingerprint density at radius 1 is 0.970 bits per heavy atom. The van der Waals surface area contributed by atoms with Crippen molar-refractivity contribution in [2.75, 3.05) is 43.0 Å². The van der Waals surface area contributed by atoms with Gasteiger partial charge in [0.25, 0.3) is 0 Å². The number of anilines is 3. The maximum absolute atomic E-state index is 13.1. The zero-order valence-corrected chi connectivity index (χ0v) is 19.4. The van der Waals surface area contributed by atoms with E-state index in [0.29, 0.717) is 50.2 Å². The number of unbranched alkanes of at least 4 members (excludes halogenated alkanes) is 1. The lowest BCUT2D eigenvalue weighted by atomic mass is 10.3. The third-order valence-corrected chi connectivity index (χ3v) is 7.28. The molecule has 1 aliphatic heterocycles. The molecule has 3 heterocycles. The lowest BCUT2D eigenvalue weighted by molar-refractivity contribution is 0.309. The standard InChI is InChI=1S/C23H28N6O3S/c1-2-3-16-32-19-7-9-20(10-8-19)33(30,31)29-14-12-28(13-15-29)23-17-22(25-18-26-23)27-21-6-4-5-11-24-21/h4-11,17-18H,2-3,12-16H2,1H3,(H,24,25,26,27). The average Bonchev–Trinajstić information content (AvgIpc) is 2.85. The van der Waals surface area contributed by atoms with Gasteiger partial charge in [0.1, 0.15) is 29.5 Å². The maximum atomic E-state index is 13.1. The van der Waals surface area contributed by atoms with Gasteiger partial charge in [0.15, 0.2) is 0 Å². The Kier molecular flexibility index (Phi) is 7.36. The highest BCUT2D eigenvalue weighted by Crippen LogP contribution is 2.23. The Balaban J connectivity index is 1.37. The number of sulfonamides is 1. The van der Waals surface area contributed by atoms with Crippen LogP contribution in [0.25, 0.3) is 0 Å². The molecule has 0 spiro atoms. The van der Waals surface area contributed by atoms with E-state index < -0.39 is 10.0 Å². The first-order chi connectivity index (χ1) is 16.1. The summed E-state index contributed by atoms with van der Waals surface area (Å²) < 4.78 is 33.3. The third kappa shape index (κ3) is 5.77. The van der Waals surface area contributed by atoms with Crippen molar-refractivity contribution in [3.05, 3.63) is 61.1 Å². The van der Waals surface area contributed by atoms with E-state index in [0.717, 1.165) is 18.7 Å². The molecule has 1 aromatic carbocycles. The van der Waals surface area contributed by atoms with Crippen LogP contribution in [0.2, 0.25) is 0 Å². The topological polar surface area (TPSA) is 101 Å². The number of nitrogens with one attached hydrogen (secondary N) is 1. The highest BCUT2D eigenvalue weighted by Gasteiger charge is 2.29. The SMILES string of the molecule is CCCCOc1ccc(S(=O)(=O)N2CCN(c3cc(Nc4ccccn4)ncn3)CC2)cc1. The van der Waals surface area contributed by atoms with Gasteiger partial charge < -0.3 is 15.0 Å². The van der Waals surface area contributed by atoms with Crippen LogP contribution in [0.3, 0.4) is 0 Å². The van der Waals surface area contributed by atoms with Crippen LogP contribution in [0.1, 0.15) is 19.8 Å². The number of ether oxygens (including phenoxy) is 1. The van der Waals surface area contributed by atoms with E-state index >= 15 is 0 Å². The number of pyridine rings is 1. The van der Waals surface area contributed by atoms with Crippen LogP contribution >= 0.6 is 0 Å². The van der Waals surface area contributed by atoms with Crippen LogP contribution in [0.4, 0.5) is 17.5 Å². The molecule has 0 radical (unpaired) electrons. The second-order valence-corrected chi connectivity index (χ2v) is 9.60. The first-order valence-corrected chi connectivity index (χ1v) is 12.5. The molecular formula is C23H28N6O3S. The fraction of sp³-hybridized carbons (Fsp3) is 0.348. The number of nitrogens with zero attached hydrogens (tertiary/aromatic N) is 5. The van der Waals surface area contributed by atoms with Crippen molar-refractivity contribution in [2.24, 2.45) is 0 Å². The molecular weight excluding hydrogens is 440 g/mol. The summed E-state index contributed by atoms with van der Waals surface area (Å²) in [5.41, 5.74) is 0. The maximum Gasteiger partial charge on any atom is 0.243 e. The van der Waals surface area contributed by atoms with E-state index in [1.54, 1.807) is 30.5 Å². The minimum absolute atomic E-state index is 0.280. The van der Waals surface area contributed by atoms with Crippen LogP contribution < -0.4 is 15.0 Å². The predicted molar refractivity (Wildman–Crippen MR) is 127 cm³/mol. The zero-order valence-electron chi connectivity index (χ0n) is 18.6. The average molecular weight is 469 g/mol. The van der Waals surface area contributed by atoms with Gasteiger partial charge in [0.2, 0.25) is 10.0 Å². The number of aromatic nitrogens is 3. The molecule has 1 fully saturated rings. The summed E-state index contributed by atoms with van der Waals surface area (Å²) in [5, 5.41) is 3.15. The molecule has 0 amide bonds. The number of piperazine rings is 1. The quantitative estimate of drug-likeness (QED) is 0.478. The Morgan fingerprint density at radius 3 is 2.45 bits per heavy atom. The van der Waals surface area contributed by atoms with Gasteiger partial charge in [-0.05, 0) is 42.8 Å². The Bertz CT molecular complexity index is 1130. The van der Waals surface area contributed by atoms with Crippen molar-refractivity contribution in [2.45, 2.75) is 24.7 Å². The number of hydrogen-bond acceptors (Lipinski definition) is 8. The van der Waals surface area contributed by atoms with Gasteiger partial charge in [-0.3, -0.25) is 0 Å². The van der Waals surface area contributed by atoms with Crippen molar-refractivity contribution >= 4 is 27.5 Å². The summed E-state index contributed by atoms with van der Waals surface area (Å²) in [6, 6.07) is 14.1. The monoisotopic (exact) mass is 468 g/mol. The van der Waals surface area contributed by atoms with Gasteiger partial charge in [-0.15, -0.1) is 0 Å². The van der Waals surface area contributed by atoms with E-state index in [2.05, 4.69) is 32.1 Å². The van der Waals surface area contributed by atoms with E-state index in [1.807, 2.05) is 24.3 Å². The van der Waals surface area contributed by atoms with E-state index in [9.17, 15) is 8.42 Å². The van der Waals surface area contributed by atoms with E-state index in [1.165, 1.54) is 10.6 Å². The fourth-order valence-electron chi connectivity index (χ4n) is 3.51. The first kappa shape index (κ1) is 22.9. The van der Waals surface area contributed by atoms with Crippen molar-refractivity contribution in [1.82, 2.24) is 19.3 Å². The van der Waals surface area contributed by atoms with Gasteiger partial charge in [-0.2, -0.15) is 4.31 Å². The summed E-state index contributed by atoms with van der Waals surface area (Å²) in [6.45, 7) is 4.57. The smallest absolute Gasteiger partial charge is 0.243 e. The normalized spacial score (nSPS) is 14.8. The van der Waals surface area contributed by atoms with Crippen molar-refractivity contribution in [3.63, 3.8) is 0 Å². The molecule has 2 aromatic heterocycles. The molecule has 1 saturated heterocycles. The third-order valence-electron chi connectivity index (χ3n) is 5.36. The molecule has 33 heavy (non-hydrogen) atoms. The van der Waals surface area contributed by atoms with Crippen molar-refractivity contribution in [3.8, 4) is 5.75 Å². The van der Waals surface area contributed by atoms with Gasteiger partial charge in [0.05, 0.1) is 11.5 Å². The molecule has 10 heteroatoms. The van der Waals surface area contributed by atoms with Crippen LogP contribution in [0, 0.1) is 0 Å². The summed E-state index contributed by atoms with van der Waals surface area (Å²) in [7, 11) is -3.56. The lowest BCUT2D eigenvalue weighted by Crippen LogP contribution is -2.48. The Labute approximate surface area is 194 Å². The molecule has 0 saturated carbocycles. The Hall–Kier alpha value is -3.24. The highest BCUT2D eigenvalue weighted by molar-refractivity contribution is 7.89. The first-order valence-electron chi connectivity index (χ1n) is 11.0. The van der Waals surface area contributed by atoms with Crippen LogP contribution in [0.5, 0.6) is 5.75 Å².